The summed E-state index contributed by atoms with van der Waals surface area (Å²) in [5, 5.41) is 17.6. The van der Waals surface area contributed by atoms with E-state index in [4.69, 9.17) is 4.74 Å². The van der Waals surface area contributed by atoms with Crippen LogP contribution in [0.25, 0.3) is 5.69 Å². The van der Waals surface area contributed by atoms with Crippen molar-refractivity contribution >= 4 is 23.8 Å². The van der Waals surface area contributed by atoms with Gasteiger partial charge >= 0.3 is 12.0 Å². The van der Waals surface area contributed by atoms with Crippen molar-refractivity contribution in [3.63, 3.8) is 0 Å². The third kappa shape index (κ3) is 3.85. The van der Waals surface area contributed by atoms with E-state index in [0.29, 0.717) is 22.2 Å². The van der Waals surface area contributed by atoms with Gasteiger partial charge in [0.15, 0.2) is 0 Å². The van der Waals surface area contributed by atoms with E-state index < -0.39 is 12.0 Å². The fourth-order valence-corrected chi connectivity index (χ4v) is 3.39. The zero-order valence-corrected chi connectivity index (χ0v) is 15.1. The Kier molecular flexibility index (Phi) is 5.52. The molecule has 10 heteroatoms. The van der Waals surface area contributed by atoms with Crippen molar-refractivity contribution in [1.29, 1.82) is 0 Å². The van der Waals surface area contributed by atoms with Gasteiger partial charge in [-0.05, 0) is 36.4 Å². The lowest BCUT2D eigenvalue weighted by molar-refractivity contribution is -0.138. The van der Waals surface area contributed by atoms with Crippen molar-refractivity contribution < 1.29 is 14.3 Å². The van der Waals surface area contributed by atoms with Crippen LogP contribution in [0.15, 0.2) is 46.8 Å². The zero-order valence-electron chi connectivity index (χ0n) is 14.3. The average Bonchev–Trinajstić information content (AvgIpc) is 3.09. The third-order valence-electron chi connectivity index (χ3n) is 3.65. The van der Waals surface area contributed by atoms with Gasteiger partial charge in [-0.15, -0.1) is 5.10 Å². The summed E-state index contributed by atoms with van der Waals surface area (Å²) in [4.78, 5) is 24.0. The quantitative estimate of drug-likeness (QED) is 0.578. The van der Waals surface area contributed by atoms with Gasteiger partial charge in [0.2, 0.25) is 5.16 Å². The van der Waals surface area contributed by atoms with E-state index in [1.807, 2.05) is 30.3 Å². The van der Waals surface area contributed by atoms with Crippen LogP contribution < -0.4 is 10.6 Å². The van der Waals surface area contributed by atoms with Gasteiger partial charge in [0.25, 0.3) is 0 Å². The second-order valence-electron chi connectivity index (χ2n) is 5.43. The molecule has 2 amide bonds. The topological polar surface area (TPSA) is 111 Å². The van der Waals surface area contributed by atoms with Gasteiger partial charge in [-0.1, -0.05) is 30.0 Å². The number of esters is 1. The van der Waals surface area contributed by atoms with E-state index in [1.54, 1.807) is 18.5 Å². The van der Waals surface area contributed by atoms with Gasteiger partial charge in [-0.2, -0.15) is 4.68 Å². The van der Waals surface area contributed by atoms with E-state index >= 15 is 0 Å². The molecule has 0 bridgehead atoms. The Morgan fingerprint density at radius 3 is 2.85 bits per heavy atom. The Morgan fingerprint density at radius 1 is 1.35 bits per heavy atom. The van der Waals surface area contributed by atoms with Crippen molar-refractivity contribution in [2.45, 2.75) is 25.0 Å². The summed E-state index contributed by atoms with van der Waals surface area (Å²) < 4.78 is 6.70. The molecule has 1 aliphatic rings. The van der Waals surface area contributed by atoms with Crippen LogP contribution in [0.4, 0.5) is 4.79 Å². The summed E-state index contributed by atoms with van der Waals surface area (Å²) in [6.45, 7) is 3.74. The molecule has 1 aliphatic heterocycles. The molecule has 0 fully saturated rings. The van der Waals surface area contributed by atoms with E-state index in [2.05, 4.69) is 26.2 Å². The molecule has 2 heterocycles. The minimum Gasteiger partial charge on any atom is -0.463 e. The summed E-state index contributed by atoms with van der Waals surface area (Å²) in [5.41, 5.74) is 1.72. The van der Waals surface area contributed by atoms with Gasteiger partial charge in [-0.25, -0.2) is 9.59 Å². The molecule has 0 saturated carbocycles. The molecule has 0 spiro atoms. The first-order chi connectivity index (χ1) is 12.6. The molecule has 136 valence electrons. The van der Waals surface area contributed by atoms with E-state index in [1.165, 1.54) is 11.8 Å². The number of benzene rings is 1. The van der Waals surface area contributed by atoms with Crippen molar-refractivity contribution in [2.75, 3.05) is 12.4 Å². The molecule has 0 saturated heterocycles. The van der Waals surface area contributed by atoms with Crippen LogP contribution in [0.3, 0.4) is 0 Å². The predicted molar refractivity (Wildman–Crippen MR) is 94.7 cm³/mol. The number of rotatable bonds is 6. The predicted octanol–water partition coefficient (Wildman–Crippen LogP) is 1.27. The molecule has 2 aromatic rings. The van der Waals surface area contributed by atoms with Crippen LogP contribution in [0, 0.1) is 0 Å². The number of carbonyl (C=O) groups is 2. The lowest BCUT2D eigenvalue weighted by Crippen LogP contribution is -2.49. The maximum atomic E-state index is 12.2. The third-order valence-corrected chi connectivity index (χ3v) is 4.60. The average molecular weight is 374 g/mol. The SMILES string of the molecule is CCOC(=O)C1=C(CSc2nnnn2-c2ccccc2)NC(=O)N[C@@H]1C. The molecular formula is C16H18N6O3S. The number of aromatic nitrogens is 4. The van der Waals surface area contributed by atoms with Crippen LogP contribution >= 0.6 is 11.8 Å². The number of tetrazole rings is 1. The van der Waals surface area contributed by atoms with Crippen LogP contribution in [-0.4, -0.2) is 50.6 Å². The normalized spacial score (nSPS) is 16.8. The summed E-state index contributed by atoms with van der Waals surface area (Å²) in [7, 11) is 0. The molecule has 9 nitrogen and oxygen atoms in total. The Labute approximate surface area is 154 Å². The number of ether oxygens (including phenoxy) is 1. The van der Waals surface area contributed by atoms with Crippen molar-refractivity contribution in [1.82, 2.24) is 30.8 Å². The highest BCUT2D eigenvalue weighted by Gasteiger charge is 2.29. The molecular weight excluding hydrogens is 356 g/mol. The number of urea groups is 1. The van der Waals surface area contributed by atoms with Crippen molar-refractivity contribution in [3.8, 4) is 5.69 Å². The lowest BCUT2D eigenvalue weighted by Gasteiger charge is -2.26. The fraction of sp³-hybridized carbons (Fsp3) is 0.312. The van der Waals surface area contributed by atoms with E-state index in [9.17, 15) is 9.59 Å². The van der Waals surface area contributed by atoms with Gasteiger partial charge < -0.3 is 15.4 Å². The second-order valence-corrected chi connectivity index (χ2v) is 6.37. The minimum atomic E-state index is -0.453. The van der Waals surface area contributed by atoms with Crippen LogP contribution in [-0.2, 0) is 9.53 Å². The number of nitrogens with zero attached hydrogens (tertiary/aromatic N) is 4. The smallest absolute Gasteiger partial charge is 0.337 e. The molecule has 26 heavy (non-hydrogen) atoms. The number of hydrogen-bond donors (Lipinski definition) is 2. The molecule has 2 N–H and O–H groups in total. The van der Waals surface area contributed by atoms with Gasteiger partial charge in [-0.3, -0.25) is 0 Å². The number of carbonyl (C=O) groups excluding carboxylic acids is 2. The summed E-state index contributed by atoms with van der Waals surface area (Å²) in [6, 6.07) is 8.66. The number of hydrogen-bond acceptors (Lipinski definition) is 7. The van der Waals surface area contributed by atoms with Crippen molar-refractivity contribution in [3.05, 3.63) is 41.6 Å². The molecule has 0 unspecified atom stereocenters. The highest BCUT2D eigenvalue weighted by Crippen LogP contribution is 2.23. The summed E-state index contributed by atoms with van der Waals surface area (Å²) in [6.07, 6.45) is 0. The highest BCUT2D eigenvalue weighted by atomic mass is 32.2. The summed E-state index contributed by atoms with van der Waals surface area (Å²) >= 11 is 1.32. The molecule has 0 radical (unpaired) electrons. The largest absolute Gasteiger partial charge is 0.463 e. The Morgan fingerprint density at radius 2 is 2.12 bits per heavy atom. The number of nitrogens with one attached hydrogen (secondary N) is 2. The second kappa shape index (κ2) is 8.00. The molecule has 1 aromatic carbocycles. The maximum Gasteiger partial charge on any atom is 0.337 e. The zero-order chi connectivity index (χ0) is 18.5. The number of para-hydroxylation sites is 1. The molecule has 3 rings (SSSR count). The van der Waals surface area contributed by atoms with Gasteiger partial charge in [0.1, 0.15) is 0 Å². The number of thioether (sulfide) groups is 1. The Bertz CT molecular complexity index is 836. The number of amides is 2. The van der Waals surface area contributed by atoms with Gasteiger partial charge in [0.05, 0.1) is 23.9 Å². The van der Waals surface area contributed by atoms with Crippen molar-refractivity contribution in [2.24, 2.45) is 0 Å². The van der Waals surface area contributed by atoms with Crippen LogP contribution in [0.2, 0.25) is 0 Å². The van der Waals surface area contributed by atoms with E-state index in [0.717, 1.165) is 5.69 Å². The minimum absolute atomic E-state index is 0.260. The molecule has 1 atom stereocenters. The standard InChI is InChI=1S/C16H18N6O3S/c1-3-25-14(23)13-10(2)17-15(24)18-12(13)9-26-16-19-20-21-22(16)11-7-5-4-6-8-11/h4-8,10H,3,9H2,1-2H3,(H2,17,18,24)/t10-/m1/s1. The lowest BCUT2D eigenvalue weighted by atomic mass is 10.1. The Balaban J connectivity index is 1.83. The molecule has 1 aromatic heterocycles. The first-order valence-corrected chi connectivity index (χ1v) is 9.03. The highest BCUT2D eigenvalue weighted by molar-refractivity contribution is 7.99. The van der Waals surface area contributed by atoms with E-state index in [-0.39, 0.29) is 12.6 Å². The fourth-order valence-electron chi connectivity index (χ4n) is 2.53. The first-order valence-electron chi connectivity index (χ1n) is 8.04. The van der Waals surface area contributed by atoms with Crippen LogP contribution in [0.1, 0.15) is 13.8 Å². The monoisotopic (exact) mass is 374 g/mol. The summed E-state index contributed by atoms with van der Waals surface area (Å²) in [5.74, 6) is -0.134. The molecule has 0 aliphatic carbocycles. The maximum absolute atomic E-state index is 12.2. The van der Waals surface area contributed by atoms with Crippen LogP contribution in [0.5, 0.6) is 0 Å². The Hall–Kier alpha value is -2.88. The first kappa shape index (κ1) is 17.9. The van der Waals surface area contributed by atoms with Gasteiger partial charge in [0, 0.05) is 11.4 Å².